The second-order valence-corrected chi connectivity index (χ2v) is 7.68. The molecule has 1 fully saturated rings. The van der Waals surface area contributed by atoms with E-state index in [4.69, 9.17) is 4.74 Å². The van der Waals surface area contributed by atoms with Gasteiger partial charge in [0, 0.05) is 11.9 Å². The number of ether oxygens (including phenoxy) is 1. The molecule has 0 saturated carbocycles. The third-order valence-electron chi connectivity index (χ3n) is 5.09. The van der Waals surface area contributed by atoms with Gasteiger partial charge in [0.2, 0.25) is 0 Å². The standard InChI is InChI=1S/C21H24N4O2S/c1-2-27-21(26)16-13-28-20-18(16)19(23-14-24-20)22-12-17(25-10-6-7-11-25)15-8-4-3-5-9-15/h3-5,8-9,13-14,17H,2,6-7,10-12H2,1H3,(H,22,23,24). The molecule has 1 aliphatic heterocycles. The van der Waals surface area contributed by atoms with Gasteiger partial charge >= 0.3 is 5.97 Å². The van der Waals surface area contributed by atoms with Gasteiger partial charge in [0.1, 0.15) is 17.0 Å². The Morgan fingerprint density at radius 3 is 2.79 bits per heavy atom. The van der Waals surface area contributed by atoms with Crippen LogP contribution in [0.25, 0.3) is 10.2 Å². The SMILES string of the molecule is CCOC(=O)c1csc2ncnc(NCC(c3ccccc3)N3CCCC3)c12. The van der Waals surface area contributed by atoms with Crippen LogP contribution < -0.4 is 5.32 Å². The number of nitrogens with zero attached hydrogens (tertiary/aromatic N) is 3. The van der Waals surface area contributed by atoms with Crippen LogP contribution >= 0.6 is 11.3 Å². The largest absolute Gasteiger partial charge is 0.462 e. The van der Waals surface area contributed by atoms with E-state index in [0.29, 0.717) is 24.5 Å². The Labute approximate surface area is 168 Å². The molecule has 0 spiro atoms. The normalized spacial score (nSPS) is 15.6. The van der Waals surface area contributed by atoms with Gasteiger partial charge in [-0.05, 0) is 38.4 Å². The molecule has 1 unspecified atom stereocenters. The summed E-state index contributed by atoms with van der Waals surface area (Å²) in [5.74, 6) is 0.361. The van der Waals surface area contributed by atoms with Gasteiger partial charge in [0.15, 0.2) is 0 Å². The van der Waals surface area contributed by atoms with Crippen LogP contribution in [0.1, 0.15) is 41.7 Å². The number of rotatable bonds is 7. The van der Waals surface area contributed by atoms with E-state index in [0.717, 1.165) is 23.3 Å². The fourth-order valence-corrected chi connectivity index (χ4v) is 4.62. The molecule has 6 nitrogen and oxygen atoms in total. The highest BCUT2D eigenvalue weighted by atomic mass is 32.1. The van der Waals surface area contributed by atoms with Crippen molar-refractivity contribution in [2.45, 2.75) is 25.8 Å². The number of likely N-dealkylation sites (tertiary alicyclic amines) is 1. The van der Waals surface area contributed by atoms with Crippen molar-refractivity contribution in [1.82, 2.24) is 14.9 Å². The highest BCUT2D eigenvalue weighted by Gasteiger charge is 2.24. The number of carbonyl (C=O) groups is 1. The van der Waals surface area contributed by atoms with E-state index in [1.807, 2.05) is 13.0 Å². The van der Waals surface area contributed by atoms with E-state index in [1.54, 1.807) is 11.7 Å². The molecule has 0 aliphatic carbocycles. The van der Waals surface area contributed by atoms with Crippen LogP contribution in [-0.4, -0.2) is 47.1 Å². The summed E-state index contributed by atoms with van der Waals surface area (Å²) >= 11 is 1.44. The predicted molar refractivity (Wildman–Crippen MR) is 112 cm³/mol. The summed E-state index contributed by atoms with van der Waals surface area (Å²) in [7, 11) is 0. The summed E-state index contributed by atoms with van der Waals surface area (Å²) in [4.78, 5) is 24.4. The maximum absolute atomic E-state index is 12.3. The fraction of sp³-hybridized carbons (Fsp3) is 0.381. The first-order chi connectivity index (χ1) is 13.8. The van der Waals surface area contributed by atoms with Crippen LogP contribution in [0.5, 0.6) is 0 Å². The minimum Gasteiger partial charge on any atom is -0.462 e. The Hall–Kier alpha value is -2.51. The van der Waals surface area contributed by atoms with Crippen LogP contribution in [0.3, 0.4) is 0 Å². The van der Waals surface area contributed by atoms with Gasteiger partial charge in [-0.15, -0.1) is 11.3 Å². The third kappa shape index (κ3) is 3.86. The minimum absolute atomic E-state index is 0.262. The van der Waals surface area contributed by atoms with Crippen molar-refractivity contribution in [3.63, 3.8) is 0 Å². The number of carbonyl (C=O) groups excluding carboxylic acids is 1. The molecule has 28 heavy (non-hydrogen) atoms. The molecule has 0 bridgehead atoms. The average Bonchev–Trinajstić information content (AvgIpc) is 3.40. The lowest BCUT2D eigenvalue weighted by Gasteiger charge is -2.28. The van der Waals surface area contributed by atoms with Gasteiger partial charge < -0.3 is 10.1 Å². The molecular formula is C21H24N4O2S. The number of hydrogen-bond donors (Lipinski definition) is 1. The second-order valence-electron chi connectivity index (χ2n) is 6.82. The van der Waals surface area contributed by atoms with Crippen molar-refractivity contribution < 1.29 is 9.53 Å². The van der Waals surface area contributed by atoms with Gasteiger partial charge in [-0.3, -0.25) is 4.90 Å². The number of anilines is 1. The van der Waals surface area contributed by atoms with Gasteiger partial charge in [-0.25, -0.2) is 14.8 Å². The van der Waals surface area contributed by atoms with Gasteiger partial charge in [-0.1, -0.05) is 30.3 Å². The Kier molecular flexibility index (Phi) is 5.83. The average molecular weight is 397 g/mol. The number of benzene rings is 1. The monoisotopic (exact) mass is 396 g/mol. The number of esters is 1. The van der Waals surface area contributed by atoms with E-state index in [-0.39, 0.29) is 12.0 Å². The van der Waals surface area contributed by atoms with E-state index in [2.05, 4.69) is 44.5 Å². The van der Waals surface area contributed by atoms with Gasteiger partial charge in [0.25, 0.3) is 0 Å². The van der Waals surface area contributed by atoms with E-state index in [9.17, 15) is 4.79 Å². The first kappa shape index (κ1) is 18.8. The predicted octanol–water partition coefficient (Wildman–Crippen LogP) is 4.12. The van der Waals surface area contributed by atoms with E-state index >= 15 is 0 Å². The third-order valence-corrected chi connectivity index (χ3v) is 5.98. The molecule has 1 aliphatic rings. The topological polar surface area (TPSA) is 67.3 Å². The lowest BCUT2D eigenvalue weighted by atomic mass is 10.1. The Morgan fingerprint density at radius 2 is 2.04 bits per heavy atom. The first-order valence-electron chi connectivity index (χ1n) is 9.70. The Bertz CT molecular complexity index is 938. The number of thiophene rings is 1. The molecule has 0 radical (unpaired) electrons. The molecule has 4 rings (SSSR count). The summed E-state index contributed by atoms with van der Waals surface area (Å²) in [6.45, 7) is 5.08. The molecule has 1 saturated heterocycles. The molecule has 0 amide bonds. The van der Waals surface area contributed by atoms with Crippen molar-refractivity contribution in [2.75, 3.05) is 31.6 Å². The fourth-order valence-electron chi connectivity index (χ4n) is 3.75. The molecule has 1 aromatic carbocycles. The van der Waals surface area contributed by atoms with Crippen LogP contribution in [0.4, 0.5) is 5.82 Å². The smallest absolute Gasteiger partial charge is 0.339 e. The molecule has 3 aromatic rings. The molecule has 3 heterocycles. The summed E-state index contributed by atoms with van der Waals surface area (Å²) in [5.41, 5.74) is 1.82. The summed E-state index contributed by atoms with van der Waals surface area (Å²) in [6, 6.07) is 10.8. The highest BCUT2D eigenvalue weighted by Crippen LogP contribution is 2.31. The van der Waals surface area contributed by atoms with E-state index < -0.39 is 0 Å². The van der Waals surface area contributed by atoms with Crippen LogP contribution in [0, 0.1) is 0 Å². The zero-order valence-electron chi connectivity index (χ0n) is 15.9. The number of aromatic nitrogens is 2. The molecule has 7 heteroatoms. The Balaban J connectivity index is 1.61. The summed E-state index contributed by atoms with van der Waals surface area (Å²) < 4.78 is 5.20. The number of hydrogen-bond acceptors (Lipinski definition) is 7. The quantitative estimate of drug-likeness (QED) is 0.606. The Morgan fingerprint density at radius 1 is 1.25 bits per heavy atom. The first-order valence-corrected chi connectivity index (χ1v) is 10.6. The summed E-state index contributed by atoms with van der Waals surface area (Å²) in [5, 5.41) is 6.05. The van der Waals surface area contributed by atoms with Crippen molar-refractivity contribution in [2.24, 2.45) is 0 Å². The van der Waals surface area contributed by atoms with Crippen LogP contribution in [-0.2, 0) is 4.74 Å². The zero-order chi connectivity index (χ0) is 19.3. The maximum Gasteiger partial charge on any atom is 0.339 e. The van der Waals surface area contributed by atoms with Crippen molar-refractivity contribution in [3.8, 4) is 0 Å². The van der Waals surface area contributed by atoms with Crippen LogP contribution in [0.2, 0.25) is 0 Å². The van der Waals surface area contributed by atoms with Crippen LogP contribution in [0.15, 0.2) is 42.0 Å². The molecular weight excluding hydrogens is 372 g/mol. The number of fused-ring (bicyclic) bond motifs is 1. The van der Waals surface area contributed by atoms with Crippen molar-refractivity contribution in [3.05, 3.63) is 53.2 Å². The summed E-state index contributed by atoms with van der Waals surface area (Å²) in [6.07, 6.45) is 4.01. The van der Waals surface area contributed by atoms with E-state index in [1.165, 1.54) is 29.7 Å². The molecule has 2 aromatic heterocycles. The van der Waals surface area contributed by atoms with Crippen molar-refractivity contribution >= 4 is 33.3 Å². The lowest BCUT2D eigenvalue weighted by Crippen LogP contribution is -2.31. The zero-order valence-corrected chi connectivity index (χ0v) is 16.7. The number of nitrogens with one attached hydrogen (secondary N) is 1. The highest BCUT2D eigenvalue weighted by molar-refractivity contribution is 7.17. The van der Waals surface area contributed by atoms with Crippen molar-refractivity contribution in [1.29, 1.82) is 0 Å². The lowest BCUT2D eigenvalue weighted by molar-refractivity contribution is 0.0529. The van der Waals surface area contributed by atoms with Gasteiger partial charge in [-0.2, -0.15) is 0 Å². The molecule has 146 valence electrons. The minimum atomic E-state index is -0.328. The second kappa shape index (κ2) is 8.67. The van der Waals surface area contributed by atoms with Gasteiger partial charge in [0.05, 0.1) is 23.6 Å². The molecule has 1 N–H and O–H groups in total. The molecule has 1 atom stereocenters. The maximum atomic E-state index is 12.3.